The van der Waals surface area contributed by atoms with Gasteiger partial charge in [-0.05, 0) is 24.5 Å². The van der Waals surface area contributed by atoms with Gasteiger partial charge in [-0.25, -0.2) is 4.79 Å². The lowest BCUT2D eigenvalue weighted by atomic mass is 10.1. The van der Waals surface area contributed by atoms with Crippen LogP contribution in [-0.4, -0.2) is 24.9 Å². The first kappa shape index (κ1) is 18.3. The highest BCUT2D eigenvalue weighted by molar-refractivity contribution is 5.74. The molecule has 0 aliphatic rings. The van der Waals surface area contributed by atoms with E-state index in [2.05, 4.69) is 15.4 Å². The highest BCUT2D eigenvalue weighted by Crippen LogP contribution is 2.15. The Morgan fingerprint density at radius 2 is 1.82 bits per heavy atom. The molecule has 2 N–H and O–H groups in total. The van der Waals surface area contributed by atoms with E-state index in [0.717, 1.165) is 12.0 Å². The molecule has 0 radical (unpaired) electrons. The molecule has 0 saturated carbocycles. The van der Waals surface area contributed by atoms with Crippen LogP contribution in [0.4, 0.5) is 18.0 Å². The standard InChI is InChI=1S/C15H21F3N2O2/c1-3-11(2)20-14(21)19-8-12-4-6-13(7-5-12)9-22-10-15(16,17)18/h4-7,11H,3,8-10H2,1-2H3,(H2,19,20,21). The Morgan fingerprint density at radius 1 is 1.23 bits per heavy atom. The summed E-state index contributed by atoms with van der Waals surface area (Å²) in [5.74, 6) is 0. The van der Waals surface area contributed by atoms with Crippen molar-refractivity contribution in [3.8, 4) is 0 Å². The zero-order valence-corrected chi connectivity index (χ0v) is 12.7. The molecular weight excluding hydrogens is 297 g/mol. The smallest absolute Gasteiger partial charge is 0.367 e. The molecule has 0 heterocycles. The number of urea groups is 1. The number of amides is 2. The normalized spacial score (nSPS) is 12.8. The van der Waals surface area contributed by atoms with Gasteiger partial charge in [0, 0.05) is 12.6 Å². The van der Waals surface area contributed by atoms with Crippen molar-refractivity contribution in [2.45, 2.75) is 45.6 Å². The minimum atomic E-state index is -4.31. The Morgan fingerprint density at radius 3 is 2.36 bits per heavy atom. The maximum atomic E-state index is 11.9. The maximum Gasteiger partial charge on any atom is 0.411 e. The number of nitrogens with one attached hydrogen (secondary N) is 2. The summed E-state index contributed by atoms with van der Waals surface area (Å²) >= 11 is 0. The summed E-state index contributed by atoms with van der Waals surface area (Å²) in [5.41, 5.74) is 1.51. The Kier molecular flexibility index (Phi) is 7.17. The minimum absolute atomic E-state index is 0.0955. The number of hydrogen-bond acceptors (Lipinski definition) is 2. The number of rotatable bonds is 7. The summed E-state index contributed by atoms with van der Waals surface area (Å²) in [7, 11) is 0. The second-order valence-corrected chi connectivity index (χ2v) is 5.06. The van der Waals surface area contributed by atoms with Gasteiger partial charge < -0.3 is 15.4 Å². The zero-order valence-electron chi connectivity index (χ0n) is 12.7. The van der Waals surface area contributed by atoms with Crippen molar-refractivity contribution in [3.63, 3.8) is 0 Å². The van der Waals surface area contributed by atoms with E-state index in [9.17, 15) is 18.0 Å². The molecule has 1 aromatic carbocycles. The number of ether oxygens (including phenoxy) is 1. The molecule has 0 bridgehead atoms. The van der Waals surface area contributed by atoms with Crippen LogP contribution in [0.2, 0.25) is 0 Å². The van der Waals surface area contributed by atoms with E-state index in [4.69, 9.17) is 0 Å². The fraction of sp³-hybridized carbons (Fsp3) is 0.533. The van der Waals surface area contributed by atoms with Crippen molar-refractivity contribution in [2.75, 3.05) is 6.61 Å². The SMILES string of the molecule is CCC(C)NC(=O)NCc1ccc(COCC(F)(F)F)cc1. The van der Waals surface area contributed by atoms with Crippen molar-refractivity contribution in [1.82, 2.24) is 10.6 Å². The van der Waals surface area contributed by atoms with Crippen LogP contribution in [0, 0.1) is 0 Å². The first-order chi connectivity index (χ1) is 10.3. The van der Waals surface area contributed by atoms with Crippen molar-refractivity contribution in [1.29, 1.82) is 0 Å². The molecule has 0 saturated heterocycles. The van der Waals surface area contributed by atoms with Gasteiger partial charge in [0.2, 0.25) is 0 Å². The molecule has 0 aliphatic heterocycles. The largest absolute Gasteiger partial charge is 0.411 e. The predicted molar refractivity (Wildman–Crippen MR) is 77.3 cm³/mol. The Labute approximate surface area is 128 Å². The Balaban J connectivity index is 2.34. The molecule has 1 unspecified atom stereocenters. The average Bonchev–Trinajstić information content (AvgIpc) is 2.45. The van der Waals surface area contributed by atoms with Crippen LogP contribution in [-0.2, 0) is 17.9 Å². The van der Waals surface area contributed by atoms with Gasteiger partial charge in [0.15, 0.2) is 0 Å². The van der Waals surface area contributed by atoms with Gasteiger partial charge in [-0.15, -0.1) is 0 Å². The molecule has 1 rings (SSSR count). The Hall–Kier alpha value is -1.76. The van der Waals surface area contributed by atoms with E-state index in [0.29, 0.717) is 12.1 Å². The van der Waals surface area contributed by atoms with Crippen molar-refractivity contribution in [3.05, 3.63) is 35.4 Å². The maximum absolute atomic E-state index is 11.9. The number of hydrogen-bond donors (Lipinski definition) is 2. The molecule has 124 valence electrons. The van der Waals surface area contributed by atoms with Gasteiger partial charge in [0.25, 0.3) is 0 Å². The highest BCUT2D eigenvalue weighted by Gasteiger charge is 2.27. The lowest BCUT2D eigenvalue weighted by Gasteiger charge is -2.12. The fourth-order valence-electron chi connectivity index (χ4n) is 1.60. The number of benzene rings is 1. The van der Waals surface area contributed by atoms with E-state index < -0.39 is 12.8 Å². The van der Waals surface area contributed by atoms with Crippen LogP contribution in [0.5, 0.6) is 0 Å². The minimum Gasteiger partial charge on any atom is -0.367 e. The third-order valence-corrected chi connectivity index (χ3v) is 3.00. The highest BCUT2D eigenvalue weighted by atomic mass is 19.4. The molecule has 1 atom stereocenters. The van der Waals surface area contributed by atoms with Crippen LogP contribution in [0.15, 0.2) is 24.3 Å². The van der Waals surface area contributed by atoms with Crippen molar-refractivity contribution in [2.24, 2.45) is 0 Å². The topological polar surface area (TPSA) is 50.4 Å². The molecule has 4 nitrogen and oxygen atoms in total. The van der Waals surface area contributed by atoms with Crippen LogP contribution in [0.1, 0.15) is 31.4 Å². The summed E-state index contributed by atoms with van der Waals surface area (Å²) in [6.45, 7) is 2.89. The Bertz CT molecular complexity index is 461. The predicted octanol–water partition coefficient (Wildman–Crippen LogP) is 3.36. The summed E-state index contributed by atoms with van der Waals surface area (Å²) in [4.78, 5) is 11.5. The summed E-state index contributed by atoms with van der Waals surface area (Å²) in [6, 6.07) is 6.71. The van der Waals surface area contributed by atoms with Gasteiger partial charge in [0.1, 0.15) is 6.61 Å². The number of carbonyl (C=O) groups is 1. The van der Waals surface area contributed by atoms with E-state index in [-0.39, 0.29) is 18.7 Å². The average molecular weight is 318 g/mol. The summed E-state index contributed by atoms with van der Waals surface area (Å²) in [5, 5.41) is 5.49. The number of carbonyl (C=O) groups excluding carboxylic acids is 1. The molecule has 2 amide bonds. The zero-order chi connectivity index (χ0) is 16.6. The van der Waals surface area contributed by atoms with Gasteiger partial charge in [-0.3, -0.25) is 0 Å². The molecular formula is C15H21F3N2O2. The fourth-order valence-corrected chi connectivity index (χ4v) is 1.60. The lowest BCUT2D eigenvalue weighted by Crippen LogP contribution is -2.40. The summed E-state index contributed by atoms with van der Waals surface area (Å²) in [6.07, 6.45) is -3.47. The van der Waals surface area contributed by atoms with Gasteiger partial charge >= 0.3 is 12.2 Å². The van der Waals surface area contributed by atoms with E-state index >= 15 is 0 Å². The molecule has 22 heavy (non-hydrogen) atoms. The van der Waals surface area contributed by atoms with Crippen LogP contribution in [0.3, 0.4) is 0 Å². The van der Waals surface area contributed by atoms with Gasteiger partial charge in [-0.2, -0.15) is 13.2 Å². The first-order valence-electron chi connectivity index (χ1n) is 7.07. The van der Waals surface area contributed by atoms with Crippen LogP contribution in [0.25, 0.3) is 0 Å². The number of halogens is 3. The molecule has 0 spiro atoms. The van der Waals surface area contributed by atoms with Crippen LogP contribution < -0.4 is 10.6 Å². The third kappa shape index (κ3) is 7.87. The van der Waals surface area contributed by atoms with Gasteiger partial charge in [-0.1, -0.05) is 31.2 Å². The van der Waals surface area contributed by atoms with E-state index in [1.54, 1.807) is 24.3 Å². The second-order valence-electron chi connectivity index (χ2n) is 5.06. The monoisotopic (exact) mass is 318 g/mol. The lowest BCUT2D eigenvalue weighted by molar-refractivity contribution is -0.176. The summed E-state index contributed by atoms with van der Waals surface area (Å²) < 4.78 is 40.4. The molecule has 0 aliphatic carbocycles. The molecule has 1 aromatic rings. The van der Waals surface area contributed by atoms with E-state index in [1.165, 1.54) is 0 Å². The molecule has 0 fully saturated rings. The van der Waals surface area contributed by atoms with Gasteiger partial charge in [0.05, 0.1) is 6.61 Å². The van der Waals surface area contributed by atoms with Crippen molar-refractivity contribution < 1.29 is 22.7 Å². The van der Waals surface area contributed by atoms with Crippen LogP contribution >= 0.6 is 0 Å². The van der Waals surface area contributed by atoms with E-state index in [1.807, 2.05) is 13.8 Å². The van der Waals surface area contributed by atoms with Crippen molar-refractivity contribution >= 4 is 6.03 Å². The first-order valence-corrected chi connectivity index (χ1v) is 7.07. The second kappa shape index (κ2) is 8.63. The third-order valence-electron chi connectivity index (χ3n) is 3.00. The molecule has 0 aromatic heterocycles. The quantitative estimate of drug-likeness (QED) is 0.810. The number of alkyl halides is 3. The molecule has 7 heteroatoms.